The molecule has 3 N–H and O–H groups in total. The molecule has 0 aromatic heterocycles. The van der Waals surface area contributed by atoms with Crippen LogP contribution in [0.3, 0.4) is 0 Å². The third kappa shape index (κ3) is 8.18. The van der Waals surface area contributed by atoms with E-state index in [9.17, 15) is 9.18 Å². The lowest BCUT2D eigenvalue weighted by molar-refractivity contribution is -0.123. The molecule has 0 heterocycles. The molecule has 32 heavy (non-hydrogen) atoms. The van der Waals surface area contributed by atoms with Crippen LogP contribution in [0.15, 0.2) is 41.4 Å². The number of nitrogens with one attached hydrogen (secondary N) is 3. The zero-order valence-corrected chi connectivity index (χ0v) is 21.5. The van der Waals surface area contributed by atoms with E-state index in [0.29, 0.717) is 36.1 Å². The number of halogens is 2. The number of aliphatic imine (C=N–C) groups is 1. The highest BCUT2D eigenvalue weighted by Crippen LogP contribution is 2.28. The Balaban J connectivity index is 0.00000512. The number of hydrogen-bond acceptors (Lipinski definition) is 4. The molecule has 0 saturated heterocycles. The Morgan fingerprint density at radius 3 is 2.53 bits per heavy atom. The van der Waals surface area contributed by atoms with Crippen LogP contribution in [0.2, 0.25) is 0 Å². The molecule has 0 bridgehead atoms. The number of methoxy groups -OCH3 is 1. The predicted molar refractivity (Wildman–Crippen MR) is 135 cm³/mol. The average Bonchev–Trinajstić information content (AvgIpc) is 2.77. The van der Waals surface area contributed by atoms with E-state index in [4.69, 9.17) is 9.47 Å². The molecule has 0 aliphatic heterocycles. The summed E-state index contributed by atoms with van der Waals surface area (Å²) in [6, 6.07) is 10.6. The first-order chi connectivity index (χ1) is 14.9. The number of amides is 1. The van der Waals surface area contributed by atoms with E-state index in [1.54, 1.807) is 33.2 Å². The van der Waals surface area contributed by atoms with Gasteiger partial charge in [-0.3, -0.25) is 9.79 Å². The maximum absolute atomic E-state index is 13.9. The highest BCUT2D eigenvalue weighted by Gasteiger charge is 2.11. The number of carbonyl (C=O) groups excluding carboxylic acids is 1. The average molecular weight is 558 g/mol. The maximum atomic E-state index is 13.9. The molecule has 7 nitrogen and oxygen atoms in total. The third-order valence-electron chi connectivity index (χ3n) is 4.69. The fourth-order valence-corrected chi connectivity index (χ4v) is 2.88. The van der Waals surface area contributed by atoms with Gasteiger partial charge in [0.05, 0.1) is 13.2 Å². The van der Waals surface area contributed by atoms with Crippen LogP contribution in [-0.2, 0) is 11.3 Å². The molecule has 2 aromatic carbocycles. The van der Waals surface area contributed by atoms with Crippen molar-refractivity contribution >= 4 is 35.8 Å². The van der Waals surface area contributed by atoms with Crippen LogP contribution in [0, 0.1) is 12.7 Å². The van der Waals surface area contributed by atoms with E-state index in [1.165, 1.54) is 6.07 Å². The molecule has 176 valence electrons. The van der Waals surface area contributed by atoms with Crippen molar-refractivity contribution in [2.75, 3.05) is 27.3 Å². The number of hydrogen-bond donors (Lipinski definition) is 3. The molecule has 0 saturated carbocycles. The van der Waals surface area contributed by atoms with Crippen molar-refractivity contribution in [3.05, 3.63) is 58.9 Å². The van der Waals surface area contributed by atoms with Crippen LogP contribution >= 0.6 is 24.0 Å². The van der Waals surface area contributed by atoms with Gasteiger partial charge in [0, 0.05) is 20.1 Å². The molecule has 0 aliphatic rings. The fourth-order valence-electron chi connectivity index (χ4n) is 2.88. The first kappa shape index (κ1) is 27.5. The maximum Gasteiger partial charge on any atom is 0.257 e. The van der Waals surface area contributed by atoms with Crippen molar-refractivity contribution in [3.63, 3.8) is 0 Å². The molecule has 1 atom stereocenters. The largest absolute Gasteiger partial charge is 0.493 e. The molecule has 2 rings (SSSR count). The summed E-state index contributed by atoms with van der Waals surface area (Å²) in [7, 11) is 3.23. The second-order valence-corrected chi connectivity index (χ2v) is 7.03. The molecule has 1 unspecified atom stereocenters. The van der Waals surface area contributed by atoms with Crippen LogP contribution < -0.4 is 25.4 Å². The van der Waals surface area contributed by atoms with E-state index >= 15 is 0 Å². The van der Waals surface area contributed by atoms with Crippen LogP contribution in [0.1, 0.15) is 36.6 Å². The lowest BCUT2D eigenvalue weighted by Gasteiger charge is -2.19. The molecule has 0 aliphatic carbocycles. The first-order valence-electron chi connectivity index (χ1n) is 10.2. The predicted octanol–water partition coefficient (Wildman–Crippen LogP) is 3.70. The van der Waals surface area contributed by atoms with E-state index in [1.807, 2.05) is 32.0 Å². The quantitative estimate of drug-likeness (QED) is 0.249. The van der Waals surface area contributed by atoms with Crippen molar-refractivity contribution < 1.29 is 18.7 Å². The molecule has 0 radical (unpaired) electrons. The van der Waals surface area contributed by atoms with Crippen molar-refractivity contribution in [1.82, 2.24) is 16.0 Å². The van der Waals surface area contributed by atoms with Gasteiger partial charge in [-0.25, -0.2) is 4.39 Å². The number of aryl methyl sites for hydroxylation is 1. The summed E-state index contributed by atoms with van der Waals surface area (Å²) in [5, 5.41) is 9.17. The van der Waals surface area contributed by atoms with Gasteiger partial charge in [0.15, 0.2) is 24.1 Å². The van der Waals surface area contributed by atoms with Gasteiger partial charge < -0.3 is 25.4 Å². The van der Waals surface area contributed by atoms with Crippen molar-refractivity contribution in [3.8, 4) is 11.5 Å². The summed E-state index contributed by atoms with van der Waals surface area (Å²) in [5.41, 5.74) is 2.39. The number of rotatable bonds is 9. The standard InChI is InChI=1S/C23H31FN4O3.HI/c1-6-26-22(29)14-31-20-10-8-17(11-21(20)30-5)13-27-23(25-4)28-16(3)18-9-7-15(2)19(24)12-18;/h7-12,16H,6,13-14H2,1-5H3,(H,26,29)(H2,25,27,28);1H. The van der Waals surface area contributed by atoms with Gasteiger partial charge in [0.2, 0.25) is 0 Å². The minimum atomic E-state index is -0.226. The monoisotopic (exact) mass is 558 g/mol. The lowest BCUT2D eigenvalue weighted by Crippen LogP contribution is -2.38. The van der Waals surface area contributed by atoms with Gasteiger partial charge in [-0.1, -0.05) is 18.2 Å². The Hall–Kier alpha value is -2.56. The minimum absolute atomic E-state index is 0. The Bertz CT molecular complexity index is 924. The smallest absolute Gasteiger partial charge is 0.257 e. The van der Waals surface area contributed by atoms with Crippen LogP contribution in [0.5, 0.6) is 11.5 Å². The highest BCUT2D eigenvalue weighted by atomic mass is 127. The van der Waals surface area contributed by atoms with E-state index < -0.39 is 0 Å². The van der Waals surface area contributed by atoms with Crippen molar-refractivity contribution in [2.45, 2.75) is 33.4 Å². The molecule has 0 spiro atoms. The van der Waals surface area contributed by atoms with Gasteiger partial charge in [-0.05, 0) is 55.7 Å². The first-order valence-corrected chi connectivity index (χ1v) is 10.2. The summed E-state index contributed by atoms with van der Waals surface area (Å²) in [5.74, 6) is 1.21. The van der Waals surface area contributed by atoms with Gasteiger partial charge in [-0.15, -0.1) is 24.0 Å². The molecular formula is C23H32FIN4O3. The number of likely N-dealkylation sites (N-methyl/N-ethyl adjacent to an activating group) is 1. The van der Waals surface area contributed by atoms with Crippen LogP contribution in [0.4, 0.5) is 4.39 Å². The van der Waals surface area contributed by atoms with Gasteiger partial charge >= 0.3 is 0 Å². The number of nitrogens with zero attached hydrogens (tertiary/aromatic N) is 1. The second kappa shape index (κ2) is 13.8. The van der Waals surface area contributed by atoms with E-state index in [2.05, 4.69) is 20.9 Å². The summed E-state index contributed by atoms with van der Waals surface area (Å²) in [4.78, 5) is 15.8. The molecule has 1 amide bonds. The Morgan fingerprint density at radius 1 is 1.16 bits per heavy atom. The normalized spacial score (nSPS) is 11.8. The van der Waals surface area contributed by atoms with Crippen LogP contribution in [-0.4, -0.2) is 39.2 Å². The Morgan fingerprint density at radius 2 is 1.91 bits per heavy atom. The summed E-state index contributed by atoms with van der Waals surface area (Å²) in [6.07, 6.45) is 0. The number of carbonyl (C=O) groups is 1. The van der Waals surface area contributed by atoms with Gasteiger partial charge in [0.25, 0.3) is 5.91 Å². The summed E-state index contributed by atoms with van der Waals surface area (Å²) in [6.45, 7) is 6.50. The number of guanidine groups is 1. The Labute approximate surface area is 206 Å². The SMILES string of the molecule is CCNC(=O)COc1ccc(CNC(=NC)NC(C)c2ccc(C)c(F)c2)cc1OC.I. The van der Waals surface area contributed by atoms with E-state index in [0.717, 1.165) is 11.1 Å². The number of benzene rings is 2. The van der Waals surface area contributed by atoms with E-state index in [-0.39, 0.29) is 48.3 Å². The van der Waals surface area contributed by atoms with Crippen molar-refractivity contribution in [2.24, 2.45) is 4.99 Å². The van der Waals surface area contributed by atoms with Gasteiger partial charge in [0.1, 0.15) is 5.82 Å². The molecular weight excluding hydrogens is 526 g/mol. The Kier molecular flexibility index (Phi) is 11.8. The topological polar surface area (TPSA) is 84.0 Å². The zero-order chi connectivity index (χ0) is 22.8. The van der Waals surface area contributed by atoms with Gasteiger partial charge in [-0.2, -0.15) is 0 Å². The second-order valence-electron chi connectivity index (χ2n) is 7.03. The van der Waals surface area contributed by atoms with Crippen molar-refractivity contribution in [1.29, 1.82) is 0 Å². The fraction of sp³-hybridized carbons (Fsp3) is 0.391. The number of ether oxygens (including phenoxy) is 2. The zero-order valence-electron chi connectivity index (χ0n) is 19.1. The molecule has 0 fully saturated rings. The molecule has 9 heteroatoms. The lowest BCUT2D eigenvalue weighted by atomic mass is 10.1. The third-order valence-corrected chi connectivity index (χ3v) is 4.69. The summed E-state index contributed by atoms with van der Waals surface area (Å²) >= 11 is 0. The molecule has 2 aromatic rings. The van der Waals surface area contributed by atoms with Crippen LogP contribution in [0.25, 0.3) is 0 Å². The highest BCUT2D eigenvalue weighted by molar-refractivity contribution is 14.0. The summed E-state index contributed by atoms with van der Waals surface area (Å²) < 4.78 is 24.8. The minimum Gasteiger partial charge on any atom is -0.493 e.